The van der Waals surface area contributed by atoms with E-state index in [2.05, 4.69) is 20.8 Å². The SMILES string of the molecule is COC(=O)CC[C@H](C)[C@@H]1CC[C@]23O[C@]24CC[C@@H]2C[C@@H](OC(=O)OC)CC[C@]2(C)[C@@H]4CC(=O)[C@]13C. The van der Waals surface area contributed by atoms with E-state index in [0.29, 0.717) is 24.5 Å². The van der Waals surface area contributed by atoms with Gasteiger partial charge in [0.05, 0.1) is 19.6 Å². The number of epoxide rings is 1. The lowest BCUT2D eigenvalue weighted by Crippen LogP contribution is -2.62. The largest absolute Gasteiger partial charge is 0.508 e. The van der Waals surface area contributed by atoms with Gasteiger partial charge in [-0.2, -0.15) is 0 Å². The van der Waals surface area contributed by atoms with Crippen molar-refractivity contribution in [2.45, 2.75) is 102 Å². The van der Waals surface area contributed by atoms with Crippen LogP contribution in [-0.4, -0.2) is 49.4 Å². The molecule has 7 nitrogen and oxygen atoms in total. The Hall–Kier alpha value is -1.63. The minimum Gasteiger partial charge on any atom is -0.469 e. The molecule has 2 spiro atoms. The number of carbonyl (C=O) groups is 3. The van der Waals surface area contributed by atoms with Gasteiger partial charge in [-0.1, -0.05) is 13.8 Å². The molecule has 34 heavy (non-hydrogen) atoms. The normalized spacial score (nSPS) is 47.4. The number of fused-ring (bicyclic) bond motifs is 2. The predicted molar refractivity (Wildman–Crippen MR) is 123 cm³/mol. The molecule has 1 saturated heterocycles. The number of hydrogen-bond acceptors (Lipinski definition) is 7. The Balaban J connectivity index is 1.37. The van der Waals surface area contributed by atoms with Gasteiger partial charge in [0.15, 0.2) is 0 Å². The molecule has 1 aliphatic heterocycles. The fourth-order valence-corrected chi connectivity index (χ4v) is 9.31. The molecule has 0 bridgehead atoms. The fraction of sp³-hybridized carbons (Fsp3) is 0.889. The summed E-state index contributed by atoms with van der Waals surface area (Å²) in [4.78, 5) is 37.4. The summed E-state index contributed by atoms with van der Waals surface area (Å²) in [7, 11) is 2.77. The summed E-state index contributed by atoms with van der Waals surface area (Å²) in [6, 6.07) is 0. The Bertz CT molecular complexity index is 886. The second kappa shape index (κ2) is 7.94. The van der Waals surface area contributed by atoms with E-state index in [4.69, 9.17) is 18.9 Å². The Morgan fingerprint density at radius 3 is 2.56 bits per heavy atom. The van der Waals surface area contributed by atoms with E-state index in [1.54, 1.807) is 0 Å². The van der Waals surface area contributed by atoms with E-state index in [1.807, 2.05) is 0 Å². The number of esters is 1. The molecule has 0 radical (unpaired) electrons. The van der Waals surface area contributed by atoms with Crippen molar-refractivity contribution in [1.82, 2.24) is 0 Å². The lowest BCUT2D eigenvalue weighted by Gasteiger charge is -2.57. The van der Waals surface area contributed by atoms with Crippen LogP contribution in [0, 0.1) is 34.5 Å². The maximum atomic E-state index is 14.0. The van der Waals surface area contributed by atoms with Gasteiger partial charge < -0.3 is 18.9 Å². The Morgan fingerprint density at radius 2 is 1.85 bits per heavy atom. The predicted octanol–water partition coefficient (Wildman–Crippen LogP) is 4.84. The van der Waals surface area contributed by atoms with E-state index < -0.39 is 11.6 Å². The zero-order valence-corrected chi connectivity index (χ0v) is 21.3. The van der Waals surface area contributed by atoms with Crippen LogP contribution in [0.15, 0.2) is 0 Å². The molecule has 9 atom stereocenters. The summed E-state index contributed by atoms with van der Waals surface area (Å²) in [5, 5.41) is 0. The molecule has 0 aromatic heterocycles. The third kappa shape index (κ3) is 3.00. The van der Waals surface area contributed by atoms with E-state index in [-0.39, 0.29) is 46.4 Å². The Kier molecular flexibility index (Phi) is 5.62. The zero-order valence-electron chi connectivity index (χ0n) is 21.3. The molecule has 5 fully saturated rings. The minimum absolute atomic E-state index is 0.0172. The monoisotopic (exact) mass is 476 g/mol. The van der Waals surface area contributed by atoms with Crippen LogP contribution < -0.4 is 0 Å². The van der Waals surface area contributed by atoms with Crippen LogP contribution >= 0.6 is 0 Å². The molecule has 190 valence electrons. The zero-order chi connectivity index (χ0) is 24.5. The second-order valence-electron chi connectivity index (χ2n) is 12.1. The van der Waals surface area contributed by atoms with Gasteiger partial charge in [0.2, 0.25) is 0 Å². The van der Waals surface area contributed by atoms with Crippen molar-refractivity contribution in [2.75, 3.05) is 14.2 Å². The summed E-state index contributed by atoms with van der Waals surface area (Å²) in [6.45, 7) is 6.71. The van der Waals surface area contributed by atoms with Crippen LogP contribution in [0.1, 0.15) is 85.0 Å². The summed E-state index contributed by atoms with van der Waals surface area (Å²) >= 11 is 0. The third-order valence-corrected chi connectivity index (χ3v) is 11.2. The lowest BCUT2D eigenvalue weighted by molar-refractivity contribution is -0.147. The number of ether oxygens (including phenoxy) is 4. The van der Waals surface area contributed by atoms with Crippen molar-refractivity contribution >= 4 is 17.9 Å². The highest BCUT2D eigenvalue weighted by Crippen LogP contribution is 2.80. The number of hydrogen-bond donors (Lipinski definition) is 0. The quantitative estimate of drug-likeness (QED) is 0.414. The highest BCUT2D eigenvalue weighted by atomic mass is 16.7. The Morgan fingerprint density at radius 1 is 1.09 bits per heavy atom. The summed E-state index contributed by atoms with van der Waals surface area (Å²) < 4.78 is 21.9. The van der Waals surface area contributed by atoms with Gasteiger partial charge in [0, 0.05) is 18.8 Å². The van der Waals surface area contributed by atoms with Crippen LogP contribution in [0.25, 0.3) is 0 Å². The van der Waals surface area contributed by atoms with Crippen LogP contribution in [0.2, 0.25) is 0 Å². The molecule has 1 heterocycles. The van der Waals surface area contributed by atoms with Gasteiger partial charge in [-0.25, -0.2) is 4.79 Å². The van der Waals surface area contributed by atoms with Crippen molar-refractivity contribution in [3.63, 3.8) is 0 Å². The first-order valence-corrected chi connectivity index (χ1v) is 13.1. The molecule has 7 heteroatoms. The van der Waals surface area contributed by atoms with Crippen molar-refractivity contribution in [3.8, 4) is 0 Å². The van der Waals surface area contributed by atoms with Crippen molar-refractivity contribution in [2.24, 2.45) is 34.5 Å². The molecule has 0 unspecified atom stereocenters. The van der Waals surface area contributed by atoms with Crippen LogP contribution in [0.5, 0.6) is 0 Å². The molecule has 5 rings (SSSR count). The van der Waals surface area contributed by atoms with Gasteiger partial charge in [0.1, 0.15) is 23.1 Å². The van der Waals surface area contributed by atoms with Gasteiger partial charge in [0.25, 0.3) is 0 Å². The summed E-state index contributed by atoms with van der Waals surface area (Å²) in [6.07, 6.45) is 7.53. The molecular weight excluding hydrogens is 436 g/mol. The lowest BCUT2D eigenvalue weighted by atomic mass is 9.44. The first-order valence-electron chi connectivity index (χ1n) is 13.1. The average molecular weight is 477 g/mol. The van der Waals surface area contributed by atoms with E-state index >= 15 is 0 Å². The van der Waals surface area contributed by atoms with Gasteiger partial charge in [-0.3, -0.25) is 9.59 Å². The van der Waals surface area contributed by atoms with Gasteiger partial charge >= 0.3 is 12.1 Å². The first kappa shape index (κ1) is 24.1. The molecule has 5 aliphatic rings. The van der Waals surface area contributed by atoms with Crippen LogP contribution in [-0.2, 0) is 28.5 Å². The fourth-order valence-electron chi connectivity index (χ4n) is 9.31. The summed E-state index contributed by atoms with van der Waals surface area (Å²) in [5.74, 6) is 1.32. The first-order chi connectivity index (χ1) is 16.1. The highest BCUT2D eigenvalue weighted by Gasteiger charge is 2.88. The molecule has 0 amide bonds. The summed E-state index contributed by atoms with van der Waals surface area (Å²) in [5.41, 5.74) is -1.01. The van der Waals surface area contributed by atoms with Gasteiger partial charge in [-0.15, -0.1) is 0 Å². The van der Waals surface area contributed by atoms with E-state index in [9.17, 15) is 14.4 Å². The van der Waals surface area contributed by atoms with E-state index in [1.165, 1.54) is 14.2 Å². The maximum Gasteiger partial charge on any atom is 0.508 e. The smallest absolute Gasteiger partial charge is 0.469 e. The van der Waals surface area contributed by atoms with E-state index in [0.717, 1.165) is 51.4 Å². The average Bonchev–Trinajstić information content (AvgIpc) is 3.38. The standard InChI is InChI=1S/C27H40O7/c1-16(6-7-22(29)31-4)19-10-13-27-25(19,3)21(28)15-20-24(2)11-9-18(33-23(30)32-5)14-17(24)8-12-26(20,27)34-27/h16-20H,6-15H2,1-5H3/t16-,17+,18-,19-,20-,24-,25-,26-,27+/m0/s1. The number of Topliss-reactive ketones (excluding diaryl/α,β-unsaturated/α-hetero) is 1. The second-order valence-corrected chi connectivity index (χ2v) is 12.1. The molecule has 4 aliphatic carbocycles. The highest BCUT2D eigenvalue weighted by molar-refractivity contribution is 5.90. The molecule has 4 saturated carbocycles. The van der Waals surface area contributed by atoms with Crippen molar-refractivity contribution in [1.29, 1.82) is 0 Å². The van der Waals surface area contributed by atoms with Crippen LogP contribution in [0.4, 0.5) is 4.79 Å². The molecule has 0 N–H and O–H groups in total. The van der Waals surface area contributed by atoms with Gasteiger partial charge in [-0.05, 0) is 81.5 Å². The molecular formula is C27H40O7. The van der Waals surface area contributed by atoms with Crippen molar-refractivity contribution in [3.05, 3.63) is 0 Å². The number of methoxy groups -OCH3 is 2. The Labute approximate surface area is 202 Å². The minimum atomic E-state index is -0.604. The number of rotatable bonds is 5. The third-order valence-electron chi connectivity index (χ3n) is 11.2. The number of carbonyl (C=O) groups excluding carboxylic acids is 3. The maximum absolute atomic E-state index is 14.0. The molecule has 0 aromatic rings. The van der Waals surface area contributed by atoms with Crippen molar-refractivity contribution < 1.29 is 33.3 Å². The van der Waals surface area contributed by atoms with Crippen LogP contribution in [0.3, 0.4) is 0 Å². The number of ketones is 1. The molecule has 0 aromatic carbocycles. The topological polar surface area (TPSA) is 91.4 Å².